The van der Waals surface area contributed by atoms with E-state index < -0.39 is 0 Å². The van der Waals surface area contributed by atoms with Crippen molar-refractivity contribution in [3.05, 3.63) is 17.0 Å². The van der Waals surface area contributed by atoms with E-state index in [2.05, 4.69) is 15.4 Å². The molecule has 1 N–H and O–H groups in total. The van der Waals surface area contributed by atoms with E-state index in [0.717, 1.165) is 30.1 Å². The van der Waals surface area contributed by atoms with E-state index in [1.165, 1.54) is 0 Å². The van der Waals surface area contributed by atoms with Crippen LogP contribution in [0.4, 0.5) is 0 Å². The number of aromatic nitrogens is 1. The maximum absolute atomic E-state index is 11.6. The number of ether oxygens (including phenoxy) is 1. The molecule has 1 aliphatic heterocycles. The molecular formula is C12H19N3O3. The number of rotatable bonds is 3. The van der Waals surface area contributed by atoms with Crippen LogP contribution in [0.3, 0.4) is 0 Å². The molecule has 0 radical (unpaired) electrons. The standard InChI is InChI=1S/C12H19N3O3/c1-8-10(9(2)18-14-8)6-15-4-5-17-11(7-15)12(16)13-3/h11H,4-7H2,1-3H3,(H,13,16). The van der Waals surface area contributed by atoms with Gasteiger partial charge >= 0.3 is 0 Å². The Morgan fingerprint density at radius 3 is 2.94 bits per heavy atom. The fourth-order valence-corrected chi connectivity index (χ4v) is 2.12. The van der Waals surface area contributed by atoms with Gasteiger partial charge in [0.2, 0.25) is 5.91 Å². The second kappa shape index (κ2) is 5.49. The number of carbonyl (C=O) groups is 1. The summed E-state index contributed by atoms with van der Waals surface area (Å²) in [4.78, 5) is 13.7. The summed E-state index contributed by atoms with van der Waals surface area (Å²) < 4.78 is 10.6. The Bertz CT molecular complexity index is 411. The topological polar surface area (TPSA) is 67.6 Å². The summed E-state index contributed by atoms with van der Waals surface area (Å²) in [7, 11) is 1.62. The van der Waals surface area contributed by atoms with Crippen LogP contribution in [0.25, 0.3) is 0 Å². The second-order valence-corrected chi connectivity index (χ2v) is 4.51. The molecule has 1 unspecified atom stereocenters. The van der Waals surface area contributed by atoms with E-state index in [0.29, 0.717) is 13.2 Å². The van der Waals surface area contributed by atoms with Gasteiger partial charge < -0.3 is 14.6 Å². The van der Waals surface area contributed by atoms with Crippen molar-refractivity contribution in [1.82, 2.24) is 15.4 Å². The molecule has 0 aromatic carbocycles. The van der Waals surface area contributed by atoms with Crippen molar-refractivity contribution >= 4 is 5.91 Å². The highest BCUT2D eigenvalue weighted by Gasteiger charge is 2.26. The summed E-state index contributed by atoms with van der Waals surface area (Å²) in [6.45, 7) is 6.58. The lowest BCUT2D eigenvalue weighted by atomic mass is 10.1. The fraction of sp³-hybridized carbons (Fsp3) is 0.667. The third-order valence-electron chi connectivity index (χ3n) is 3.25. The molecule has 6 nitrogen and oxygen atoms in total. The minimum Gasteiger partial charge on any atom is -0.366 e. The van der Waals surface area contributed by atoms with Gasteiger partial charge in [-0.05, 0) is 13.8 Å². The van der Waals surface area contributed by atoms with Gasteiger partial charge in [0.1, 0.15) is 11.9 Å². The number of amides is 1. The number of aryl methyl sites for hydroxylation is 2. The Hall–Kier alpha value is -1.40. The minimum atomic E-state index is -0.385. The van der Waals surface area contributed by atoms with Crippen LogP contribution in [0.1, 0.15) is 17.0 Å². The van der Waals surface area contributed by atoms with Gasteiger partial charge in [-0.15, -0.1) is 0 Å². The van der Waals surface area contributed by atoms with E-state index in [1.54, 1.807) is 7.05 Å². The number of nitrogens with one attached hydrogen (secondary N) is 1. The van der Waals surface area contributed by atoms with Gasteiger partial charge in [-0.25, -0.2) is 0 Å². The van der Waals surface area contributed by atoms with Gasteiger partial charge in [-0.1, -0.05) is 5.16 Å². The SMILES string of the molecule is CNC(=O)C1CN(Cc2c(C)noc2C)CCO1. The first-order valence-electron chi connectivity index (χ1n) is 6.09. The molecule has 1 saturated heterocycles. The molecule has 0 aliphatic carbocycles. The molecule has 1 amide bonds. The van der Waals surface area contributed by atoms with E-state index in [9.17, 15) is 4.79 Å². The van der Waals surface area contributed by atoms with Crippen molar-refractivity contribution in [3.8, 4) is 0 Å². The van der Waals surface area contributed by atoms with E-state index in [-0.39, 0.29) is 12.0 Å². The number of carbonyl (C=O) groups excluding carboxylic acids is 1. The Morgan fingerprint density at radius 2 is 2.33 bits per heavy atom. The molecule has 0 saturated carbocycles. The van der Waals surface area contributed by atoms with Crippen molar-refractivity contribution < 1.29 is 14.1 Å². The Labute approximate surface area is 106 Å². The quantitative estimate of drug-likeness (QED) is 0.835. The molecule has 2 rings (SSSR count). The molecule has 1 atom stereocenters. The van der Waals surface area contributed by atoms with Crippen LogP contribution >= 0.6 is 0 Å². The molecule has 2 heterocycles. The average molecular weight is 253 g/mol. The van der Waals surface area contributed by atoms with Gasteiger partial charge in [-0.2, -0.15) is 0 Å². The van der Waals surface area contributed by atoms with Crippen LogP contribution in [-0.2, 0) is 16.1 Å². The lowest BCUT2D eigenvalue weighted by molar-refractivity contribution is -0.138. The first-order valence-corrected chi connectivity index (χ1v) is 6.09. The summed E-state index contributed by atoms with van der Waals surface area (Å²) in [6.07, 6.45) is -0.385. The summed E-state index contributed by atoms with van der Waals surface area (Å²) >= 11 is 0. The predicted molar refractivity (Wildman–Crippen MR) is 65.1 cm³/mol. The van der Waals surface area contributed by atoms with Crippen molar-refractivity contribution in [3.63, 3.8) is 0 Å². The van der Waals surface area contributed by atoms with Crippen LogP contribution in [0.5, 0.6) is 0 Å². The van der Waals surface area contributed by atoms with E-state index in [1.807, 2.05) is 13.8 Å². The molecule has 6 heteroatoms. The van der Waals surface area contributed by atoms with Crippen LogP contribution < -0.4 is 5.32 Å². The third-order valence-corrected chi connectivity index (χ3v) is 3.25. The molecule has 1 aromatic rings. The molecule has 100 valence electrons. The fourth-order valence-electron chi connectivity index (χ4n) is 2.12. The molecular weight excluding hydrogens is 234 g/mol. The number of likely N-dealkylation sites (N-methyl/N-ethyl adjacent to an activating group) is 1. The Morgan fingerprint density at radius 1 is 1.56 bits per heavy atom. The number of nitrogens with zero attached hydrogens (tertiary/aromatic N) is 2. The molecule has 0 spiro atoms. The monoisotopic (exact) mass is 253 g/mol. The Kier molecular flexibility index (Phi) is 3.98. The molecule has 1 aromatic heterocycles. The minimum absolute atomic E-state index is 0.0709. The average Bonchev–Trinajstić information content (AvgIpc) is 2.70. The lowest BCUT2D eigenvalue weighted by Gasteiger charge is -2.31. The van der Waals surface area contributed by atoms with Crippen molar-refractivity contribution in [2.75, 3.05) is 26.7 Å². The summed E-state index contributed by atoms with van der Waals surface area (Å²) in [5.74, 6) is 0.772. The summed E-state index contributed by atoms with van der Waals surface area (Å²) in [5, 5.41) is 6.56. The van der Waals surface area contributed by atoms with Crippen LogP contribution in [0.15, 0.2) is 4.52 Å². The highest BCUT2D eigenvalue weighted by molar-refractivity contribution is 5.80. The van der Waals surface area contributed by atoms with Gasteiger partial charge in [0, 0.05) is 32.2 Å². The zero-order valence-corrected chi connectivity index (χ0v) is 11.0. The summed E-state index contributed by atoms with van der Waals surface area (Å²) in [5.41, 5.74) is 2.02. The Balaban J connectivity index is 2.00. The van der Waals surface area contributed by atoms with Crippen molar-refractivity contribution in [2.45, 2.75) is 26.5 Å². The van der Waals surface area contributed by atoms with Crippen molar-refractivity contribution in [2.24, 2.45) is 0 Å². The lowest BCUT2D eigenvalue weighted by Crippen LogP contribution is -2.48. The third kappa shape index (κ3) is 2.70. The van der Waals surface area contributed by atoms with Crippen molar-refractivity contribution in [1.29, 1.82) is 0 Å². The first-order chi connectivity index (χ1) is 8.61. The highest BCUT2D eigenvalue weighted by Crippen LogP contribution is 2.17. The molecule has 1 fully saturated rings. The second-order valence-electron chi connectivity index (χ2n) is 4.51. The van der Waals surface area contributed by atoms with Crippen LogP contribution in [0, 0.1) is 13.8 Å². The zero-order chi connectivity index (χ0) is 13.1. The predicted octanol–water partition coefficient (Wildman–Crippen LogP) is 0.238. The van der Waals surface area contributed by atoms with Gasteiger partial charge in [0.15, 0.2) is 0 Å². The number of morpholine rings is 1. The van der Waals surface area contributed by atoms with Gasteiger partial charge in [-0.3, -0.25) is 9.69 Å². The van der Waals surface area contributed by atoms with Gasteiger partial charge in [0.05, 0.1) is 12.3 Å². The zero-order valence-electron chi connectivity index (χ0n) is 11.0. The van der Waals surface area contributed by atoms with E-state index >= 15 is 0 Å². The smallest absolute Gasteiger partial charge is 0.250 e. The maximum Gasteiger partial charge on any atom is 0.250 e. The largest absolute Gasteiger partial charge is 0.366 e. The van der Waals surface area contributed by atoms with Crippen LogP contribution in [0.2, 0.25) is 0 Å². The molecule has 0 bridgehead atoms. The van der Waals surface area contributed by atoms with E-state index in [4.69, 9.17) is 9.26 Å². The first kappa shape index (κ1) is 13.0. The maximum atomic E-state index is 11.6. The number of hydrogen-bond donors (Lipinski definition) is 1. The normalized spacial score (nSPS) is 20.9. The summed E-state index contributed by atoms with van der Waals surface area (Å²) in [6, 6.07) is 0. The van der Waals surface area contributed by atoms with Gasteiger partial charge in [0.25, 0.3) is 0 Å². The van der Waals surface area contributed by atoms with Crippen LogP contribution in [-0.4, -0.2) is 48.8 Å². The molecule has 1 aliphatic rings. The molecule has 18 heavy (non-hydrogen) atoms. The number of hydrogen-bond acceptors (Lipinski definition) is 5. The highest BCUT2D eigenvalue weighted by atomic mass is 16.5.